The number of morpholine rings is 1. The molecule has 0 spiro atoms. The lowest BCUT2D eigenvalue weighted by atomic mass is 10.0. The quantitative estimate of drug-likeness (QED) is 0.771. The van der Waals surface area contributed by atoms with Crippen LogP contribution in [0.25, 0.3) is 0 Å². The summed E-state index contributed by atoms with van der Waals surface area (Å²) < 4.78 is 30.4. The van der Waals surface area contributed by atoms with Crippen LogP contribution in [-0.2, 0) is 19.6 Å². The van der Waals surface area contributed by atoms with Crippen LogP contribution in [0.2, 0.25) is 5.02 Å². The molecule has 0 atom stereocenters. The molecular weight excluding hydrogens is 368 g/mol. The van der Waals surface area contributed by atoms with E-state index in [0.29, 0.717) is 19.8 Å². The van der Waals surface area contributed by atoms with E-state index in [1.165, 1.54) is 18.2 Å². The predicted molar refractivity (Wildman–Crippen MR) is 93.3 cm³/mol. The first-order valence-corrected chi connectivity index (χ1v) is 9.87. The van der Waals surface area contributed by atoms with E-state index in [4.69, 9.17) is 16.3 Å². The highest BCUT2D eigenvalue weighted by molar-refractivity contribution is 7.94. The molecule has 2 heterocycles. The number of amides is 2. The minimum Gasteiger partial charge on any atom is -0.377 e. The van der Waals surface area contributed by atoms with Crippen molar-refractivity contribution in [3.63, 3.8) is 0 Å². The first kappa shape index (κ1) is 18.2. The predicted octanol–water partition coefficient (Wildman–Crippen LogP) is 1.66. The monoisotopic (exact) mass is 386 g/mol. The molecule has 0 radical (unpaired) electrons. The summed E-state index contributed by atoms with van der Waals surface area (Å²) in [4.78, 5) is 26.6. The summed E-state index contributed by atoms with van der Waals surface area (Å²) in [7, 11) is -3.70. The van der Waals surface area contributed by atoms with Crippen LogP contribution in [0, 0.1) is 0 Å². The number of benzene rings is 1. The third kappa shape index (κ3) is 3.26. The minimum absolute atomic E-state index is 0.0647. The molecule has 2 aliphatic heterocycles. The Morgan fingerprint density at radius 1 is 1.32 bits per heavy atom. The van der Waals surface area contributed by atoms with E-state index < -0.39 is 21.5 Å². The number of halogens is 1. The Morgan fingerprint density at radius 3 is 2.64 bits per heavy atom. The van der Waals surface area contributed by atoms with Gasteiger partial charge in [-0.25, -0.2) is 12.7 Å². The zero-order chi connectivity index (χ0) is 18.4. The lowest BCUT2D eigenvalue weighted by molar-refractivity contribution is -0.116. The van der Waals surface area contributed by atoms with Crippen molar-refractivity contribution in [2.75, 3.05) is 29.8 Å². The SMILES string of the molecule is CC1(C)COCCN1C(=O)c1cc(N2C(=O)CCS2(=O)=O)ccc1Cl. The second-order valence-corrected chi connectivity index (χ2v) is 9.05. The Bertz CT molecular complexity index is 837. The summed E-state index contributed by atoms with van der Waals surface area (Å²) in [5, 5.41) is 0.208. The van der Waals surface area contributed by atoms with Gasteiger partial charge in [-0.1, -0.05) is 11.6 Å². The van der Waals surface area contributed by atoms with Crippen LogP contribution < -0.4 is 4.31 Å². The lowest BCUT2D eigenvalue weighted by Crippen LogP contribution is -2.55. The van der Waals surface area contributed by atoms with Gasteiger partial charge in [-0.15, -0.1) is 0 Å². The normalized spacial score (nSPS) is 22.3. The van der Waals surface area contributed by atoms with E-state index in [-0.39, 0.29) is 34.4 Å². The van der Waals surface area contributed by atoms with Crippen molar-refractivity contribution in [3.8, 4) is 0 Å². The number of rotatable bonds is 2. The van der Waals surface area contributed by atoms with Gasteiger partial charge >= 0.3 is 0 Å². The molecule has 0 unspecified atom stereocenters. The van der Waals surface area contributed by atoms with Crippen LogP contribution in [0.15, 0.2) is 18.2 Å². The Kier molecular flexibility index (Phi) is 4.55. The van der Waals surface area contributed by atoms with E-state index >= 15 is 0 Å². The van der Waals surface area contributed by atoms with Crippen LogP contribution >= 0.6 is 11.6 Å². The number of sulfonamides is 1. The minimum atomic E-state index is -3.70. The maximum absolute atomic E-state index is 13.0. The molecule has 0 bridgehead atoms. The van der Waals surface area contributed by atoms with Gasteiger partial charge in [-0.3, -0.25) is 9.59 Å². The summed E-state index contributed by atoms with van der Waals surface area (Å²) >= 11 is 6.19. The van der Waals surface area contributed by atoms with Gasteiger partial charge in [0.15, 0.2) is 0 Å². The van der Waals surface area contributed by atoms with Crippen LogP contribution in [0.1, 0.15) is 30.6 Å². The topological polar surface area (TPSA) is 84.0 Å². The fraction of sp³-hybridized carbons (Fsp3) is 0.500. The van der Waals surface area contributed by atoms with Gasteiger partial charge in [0.1, 0.15) is 0 Å². The number of nitrogens with zero attached hydrogens (tertiary/aromatic N) is 2. The standard InChI is InChI=1S/C16H19ClN2O5S/c1-16(2)10-24-7-6-18(16)15(21)12-9-11(3-4-13(12)17)19-14(20)5-8-25(19,22)23/h3-4,9H,5-8,10H2,1-2H3. The van der Waals surface area contributed by atoms with Crippen LogP contribution in [0.3, 0.4) is 0 Å². The molecule has 2 fully saturated rings. The molecule has 136 valence electrons. The van der Waals surface area contributed by atoms with Gasteiger partial charge in [-0.2, -0.15) is 0 Å². The average molecular weight is 387 g/mol. The van der Waals surface area contributed by atoms with Crippen molar-refractivity contribution in [1.82, 2.24) is 4.90 Å². The van der Waals surface area contributed by atoms with Gasteiger partial charge in [0.2, 0.25) is 15.9 Å². The molecule has 7 nitrogen and oxygen atoms in total. The van der Waals surface area contributed by atoms with Crippen LogP contribution in [-0.4, -0.2) is 56.2 Å². The second kappa shape index (κ2) is 6.26. The third-order valence-corrected chi connectivity index (χ3v) is 6.40. The van der Waals surface area contributed by atoms with Gasteiger partial charge in [0, 0.05) is 13.0 Å². The molecular formula is C16H19ClN2O5S. The molecule has 3 rings (SSSR count). The highest BCUT2D eigenvalue weighted by Crippen LogP contribution is 2.31. The van der Waals surface area contributed by atoms with E-state index in [2.05, 4.69) is 0 Å². The van der Waals surface area contributed by atoms with E-state index in [9.17, 15) is 18.0 Å². The first-order valence-electron chi connectivity index (χ1n) is 7.88. The summed E-state index contributed by atoms with van der Waals surface area (Å²) in [6, 6.07) is 4.25. The first-order chi connectivity index (χ1) is 11.6. The summed E-state index contributed by atoms with van der Waals surface area (Å²) in [6.45, 7) is 5.00. The third-order valence-electron chi connectivity index (χ3n) is 4.38. The van der Waals surface area contributed by atoms with Crippen molar-refractivity contribution in [1.29, 1.82) is 0 Å². The molecule has 0 N–H and O–H groups in total. The van der Waals surface area contributed by atoms with Crippen molar-refractivity contribution >= 4 is 39.1 Å². The van der Waals surface area contributed by atoms with Gasteiger partial charge in [-0.05, 0) is 32.0 Å². The zero-order valence-electron chi connectivity index (χ0n) is 14.0. The lowest BCUT2D eigenvalue weighted by Gasteiger charge is -2.42. The fourth-order valence-corrected chi connectivity index (χ4v) is 4.70. The number of hydrogen-bond acceptors (Lipinski definition) is 5. The number of anilines is 1. The van der Waals surface area contributed by atoms with Crippen molar-refractivity contribution in [2.24, 2.45) is 0 Å². The number of carbonyl (C=O) groups excluding carboxylic acids is 2. The zero-order valence-corrected chi connectivity index (χ0v) is 15.6. The highest BCUT2D eigenvalue weighted by Gasteiger charge is 2.38. The maximum Gasteiger partial charge on any atom is 0.256 e. The second-order valence-electron chi connectivity index (χ2n) is 6.71. The van der Waals surface area contributed by atoms with Crippen molar-refractivity contribution < 1.29 is 22.7 Å². The van der Waals surface area contributed by atoms with Crippen LogP contribution in [0.4, 0.5) is 5.69 Å². The summed E-state index contributed by atoms with van der Waals surface area (Å²) in [6.07, 6.45) is -0.0647. The van der Waals surface area contributed by atoms with Crippen molar-refractivity contribution in [2.45, 2.75) is 25.8 Å². The van der Waals surface area contributed by atoms with E-state index in [1.54, 1.807) is 4.90 Å². The Balaban J connectivity index is 2.00. The fourth-order valence-electron chi connectivity index (χ4n) is 3.05. The molecule has 2 saturated heterocycles. The number of hydrogen-bond donors (Lipinski definition) is 0. The van der Waals surface area contributed by atoms with E-state index in [0.717, 1.165) is 4.31 Å². The summed E-state index contributed by atoms with van der Waals surface area (Å²) in [5.41, 5.74) is -0.199. The van der Waals surface area contributed by atoms with Gasteiger partial charge in [0.05, 0.1) is 40.8 Å². The Labute approximate surface area is 151 Å². The smallest absolute Gasteiger partial charge is 0.256 e. The molecule has 9 heteroatoms. The molecule has 2 aliphatic rings. The molecule has 0 saturated carbocycles. The molecule has 0 aromatic heterocycles. The average Bonchev–Trinajstić information content (AvgIpc) is 2.80. The number of ether oxygens (including phenoxy) is 1. The largest absolute Gasteiger partial charge is 0.377 e. The van der Waals surface area contributed by atoms with Crippen LogP contribution in [0.5, 0.6) is 0 Å². The Hall–Kier alpha value is -1.64. The van der Waals surface area contributed by atoms with Gasteiger partial charge < -0.3 is 9.64 Å². The van der Waals surface area contributed by atoms with Gasteiger partial charge in [0.25, 0.3) is 5.91 Å². The maximum atomic E-state index is 13.0. The highest BCUT2D eigenvalue weighted by atomic mass is 35.5. The van der Waals surface area contributed by atoms with Crippen molar-refractivity contribution in [3.05, 3.63) is 28.8 Å². The molecule has 0 aliphatic carbocycles. The van der Waals surface area contributed by atoms with E-state index in [1.807, 2.05) is 13.8 Å². The molecule has 1 aromatic carbocycles. The molecule has 2 amide bonds. The Morgan fingerprint density at radius 2 is 2.04 bits per heavy atom. The molecule has 25 heavy (non-hydrogen) atoms. The summed E-state index contributed by atoms with van der Waals surface area (Å²) in [5.74, 6) is -1.05. The number of carbonyl (C=O) groups is 2. The molecule has 1 aromatic rings.